The van der Waals surface area contributed by atoms with Gasteiger partial charge in [0, 0.05) is 25.0 Å². The smallest absolute Gasteiger partial charge is 0.0271 e. The summed E-state index contributed by atoms with van der Waals surface area (Å²) in [5, 5.41) is 0. The predicted molar refractivity (Wildman–Crippen MR) is 69.6 cm³/mol. The number of pyridine rings is 1. The Morgan fingerprint density at radius 3 is 2.71 bits per heavy atom. The Bertz CT molecular complexity index is 347. The number of aromatic nitrogens is 1. The Labute approximate surface area is 104 Å². The van der Waals surface area contributed by atoms with E-state index in [9.17, 15) is 0 Å². The second kappa shape index (κ2) is 5.18. The van der Waals surface area contributed by atoms with Gasteiger partial charge < -0.3 is 0 Å². The molecule has 2 heterocycles. The van der Waals surface area contributed by atoms with Crippen LogP contribution >= 0.6 is 0 Å². The van der Waals surface area contributed by atoms with Crippen molar-refractivity contribution in [1.82, 2.24) is 9.88 Å². The fourth-order valence-corrected chi connectivity index (χ4v) is 3.65. The molecule has 1 aromatic heterocycles. The molecule has 0 aromatic carbocycles. The van der Waals surface area contributed by atoms with E-state index in [-0.39, 0.29) is 0 Å². The lowest BCUT2D eigenvalue weighted by atomic mass is 9.78. The van der Waals surface area contributed by atoms with Crippen LogP contribution in [0.1, 0.15) is 44.1 Å². The Morgan fingerprint density at radius 1 is 1.06 bits per heavy atom. The highest BCUT2D eigenvalue weighted by Crippen LogP contribution is 2.35. The molecule has 2 unspecified atom stereocenters. The summed E-state index contributed by atoms with van der Waals surface area (Å²) in [4.78, 5) is 6.83. The summed E-state index contributed by atoms with van der Waals surface area (Å²) in [6.45, 7) is 2.42. The summed E-state index contributed by atoms with van der Waals surface area (Å²) >= 11 is 0. The third kappa shape index (κ3) is 2.52. The molecule has 17 heavy (non-hydrogen) atoms. The number of nitrogens with zero attached hydrogens (tertiary/aromatic N) is 2. The molecular weight excluding hydrogens is 208 g/mol. The maximum Gasteiger partial charge on any atom is 0.0271 e. The second-order valence-corrected chi connectivity index (χ2v) is 5.58. The third-order valence-corrected chi connectivity index (χ3v) is 4.49. The highest BCUT2D eigenvalue weighted by molar-refractivity contribution is 5.10. The van der Waals surface area contributed by atoms with Crippen molar-refractivity contribution in [1.29, 1.82) is 0 Å². The summed E-state index contributed by atoms with van der Waals surface area (Å²) in [6, 6.07) is 5.18. The molecule has 1 aliphatic heterocycles. The van der Waals surface area contributed by atoms with E-state index in [0.717, 1.165) is 18.5 Å². The predicted octanol–water partition coefficient (Wildman–Crippen LogP) is 3.24. The van der Waals surface area contributed by atoms with Gasteiger partial charge >= 0.3 is 0 Å². The molecule has 2 aliphatic rings. The molecule has 0 N–H and O–H groups in total. The zero-order valence-electron chi connectivity index (χ0n) is 10.5. The van der Waals surface area contributed by atoms with Crippen molar-refractivity contribution < 1.29 is 0 Å². The van der Waals surface area contributed by atoms with Crippen LogP contribution in [0.15, 0.2) is 24.5 Å². The van der Waals surface area contributed by atoms with Gasteiger partial charge in [-0.15, -0.1) is 0 Å². The third-order valence-electron chi connectivity index (χ3n) is 4.49. The summed E-state index contributed by atoms with van der Waals surface area (Å²) < 4.78 is 0. The van der Waals surface area contributed by atoms with Gasteiger partial charge in [0.1, 0.15) is 0 Å². The average Bonchev–Trinajstić information content (AvgIpc) is 2.40. The normalized spacial score (nSPS) is 29.9. The zero-order chi connectivity index (χ0) is 11.5. The Kier molecular flexibility index (Phi) is 3.41. The van der Waals surface area contributed by atoms with Gasteiger partial charge in [0.15, 0.2) is 0 Å². The molecule has 0 spiro atoms. The first-order valence-corrected chi connectivity index (χ1v) is 7.06. The van der Waals surface area contributed by atoms with Crippen LogP contribution in [-0.2, 0) is 6.54 Å². The van der Waals surface area contributed by atoms with Crippen LogP contribution in [0, 0.1) is 5.92 Å². The monoisotopic (exact) mass is 230 g/mol. The van der Waals surface area contributed by atoms with Crippen molar-refractivity contribution in [2.24, 2.45) is 5.92 Å². The number of piperidine rings is 1. The SMILES string of the molecule is c1cc(CN2CCCC3CCCCC32)ccn1. The van der Waals surface area contributed by atoms with Gasteiger partial charge in [-0.3, -0.25) is 9.88 Å². The molecule has 2 atom stereocenters. The van der Waals surface area contributed by atoms with Crippen LogP contribution in [0.4, 0.5) is 0 Å². The van der Waals surface area contributed by atoms with Crippen LogP contribution in [-0.4, -0.2) is 22.5 Å². The Morgan fingerprint density at radius 2 is 1.82 bits per heavy atom. The largest absolute Gasteiger partial charge is 0.296 e. The molecule has 0 amide bonds. The van der Waals surface area contributed by atoms with E-state index in [2.05, 4.69) is 22.0 Å². The summed E-state index contributed by atoms with van der Waals surface area (Å²) in [5.41, 5.74) is 1.42. The molecule has 1 saturated heterocycles. The maximum absolute atomic E-state index is 4.10. The van der Waals surface area contributed by atoms with Crippen LogP contribution < -0.4 is 0 Å². The zero-order valence-corrected chi connectivity index (χ0v) is 10.5. The lowest BCUT2D eigenvalue weighted by Gasteiger charge is -2.44. The molecule has 2 nitrogen and oxygen atoms in total. The molecule has 2 heteroatoms. The average molecular weight is 230 g/mol. The van der Waals surface area contributed by atoms with Gasteiger partial charge in [0.25, 0.3) is 0 Å². The molecule has 1 aliphatic carbocycles. The highest BCUT2D eigenvalue weighted by atomic mass is 15.2. The first-order chi connectivity index (χ1) is 8.43. The number of fused-ring (bicyclic) bond motifs is 1. The van der Waals surface area contributed by atoms with E-state index < -0.39 is 0 Å². The van der Waals surface area contributed by atoms with Crippen molar-refractivity contribution in [3.63, 3.8) is 0 Å². The minimum Gasteiger partial charge on any atom is -0.296 e. The molecular formula is C15H22N2. The first-order valence-electron chi connectivity index (χ1n) is 7.06. The van der Waals surface area contributed by atoms with Crippen LogP contribution in [0.3, 0.4) is 0 Å². The quantitative estimate of drug-likeness (QED) is 0.775. The van der Waals surface area contributed by atoms with Crippen molar-refractivity contribution in [2.75, 3.05) is 6.54 Å². The number of rotatable bonds is 2. The first kappa shape index (κ1) is 11.2. The van der Waals surface area contributed by atoms with Crippen LogP contribution in [0.2, 0.25) is 0 Å². The fraction of sp³-hybridized carbons (Fsp3) is 0.667. The van der Waals surface area contributed by atoms with Gasteiger partial charge in [-0.05, 0) is 55.8 Å². The summed E-state index contributed by atoms with van der Waals surface area (Å²) in [5.74, 6) is 0.985. The van der Waals surface area contributed by atoms with Crippen molar-refractivity contribution in [3.8, 4) is 0 Å². The maximum atomic E-state index is 4.10. The topological polar surface area (TPSA) is 16.1 Å². The second-order valence-electron chi connectivity index (χ2n) is 5.58. The van der Waals surface area contributed by atoms with Crippen molar-refractivity contribution in [3.05, 3.63) is 30.1 Å². The molecule has 92 valence electrons. The number of likely N-dealkylation sites (tertiary alicyclic amines) is 1. The van der Waals surface area contributed by atoms with Gasteiger partial charge in [-0.2, -0.15) is 0 Å². The van der Waals surface area contributed by atoms with Gasteiger partial charge in [-0.25, -0.2) is 0 Å². The number of hydrogen-bond acceptors (Lipinski definition) is 2. The number of hydrogen-bond donors (Lipinski definition) is 0. The summed E-state index contributed by atoms with van der Waals surface area (Å²) in [6.07, 6.45) is 12.5. The van der Waals surface area contributed by atoms with E-state index in [1.807, 2.05) is 12.4 Å². The lowest BCUT2D eigenvalue weighted by Crippen LogP contribution is -2.46. The molecule has 3 rings (SSSR count). The van der Waals surface area contributed by atoms with E-state index in [4.69, 9.17) is 0 Å². The van der Waals surface area contributed by atoms with Gasteiger partial charge in [-0.1, -0.05) is 12.8 Å². The molecule has 1 aromatic rings. The Balaban J connectivity index is 1.69. The van der Waals surface area contributed by atoms with E-state index in [0.29, 0.717) is 0 Å². The van der Waals surface area contributed by atoms with E-state index >= 15 is 0 Å². The molecule has 0 bridgehead atoms. The van der Waals surface area contributed by atoms with E-state index in [1.54, 1.807) is 0 Å². The minimum absolute atomic E-state index is 0.866. The van der Waals surface area contributed by atoms with Crippen LogP contribution in [0.5, 0.6) is 0 Å². The molecule has 1 saturated carbocycles. The van der Waals surface area contributed by atoms with Gasteiger partial charge in [0.2, 0.25) is 0 Å². The highest BCUT2D eigenvalue weighted by Gasteiger charge is 2.32. The van der Waals surface area contributed by atoms with E-state index in [1.165, 1.54) is 50.6 Å². The standard InChI is InChI=1S/C15H22N2/c1-2-6-15-14(4-1)5-3-11-17(15)12-13-7-9-16-10-8-13/h7-10,14-15H,1-6,11-12H2. The fourth-order valence-electron chi connectivity index (χ4n) is 3.65. The van der Waals surface area contributed by atoms with Crippen LogP contribution in [0.25, 0.3) is 0 Å². The lowest BCUT2D eigenvalue weighted by molar-refractivity contribution is 0.0547. The Hall–Kier alpha value is -0.890. The summed E-state index contributed by atoms with van der Waals surface area (Å²) in [7, 11) is 0. The van der Waals surface area contributed by atoms with Crippen molar-refractivity contribution in [2.45, 2.75) is 51.1 Å². The molecule has 0 radical (unpaired) electrons. The van der Waals surface area contributed by atoms with Crippen molar-refractivity contribution >= 4 is 0 Å². The van der Waals surface area contributed by atoms with Gasteiger partial charge in [0.05, 0.1) is 0 Å². The molecule has 2 fully saturated rings. The minimum atomic E-state index is 0.866.